The lowest BCUT2D eigenvalue weighted by Crippen LogP contribution is -2.24. The van der Waals surface area contributed by atoms with Gasteiger partial charge in [0.15, 0.2) is 5.71 Å². The van der Waals surface area contributed by atoms with E-state index in [0.29, 0.717) is 11.1 Å². The zero-order valence-corrected chi connectivity index (χ0v) is 13.0. The van der Waals surface area contributed by atoms with E-state index < -0.39 is 12.1 Å². The molecule has 1 aromatic rings. The molecule has 0 saturated carbocycles. The Balaban J connectivity index is 0.00000211. The van der Waals surface area contributed by atoms with E-state index in [4.69, 9.17) is 9.94 Å². The van der Waals surface area contributed by atoms with Crippen molar-refractivity contribution in [3.8, 4) is 0 Å². The van der Waals surface area contributed by atoms with Crippen LogP contribution in [0.4, 0.5) is 0 Å². The van der Waals surface area contributed by atoms with Crippen molar-refractivity contribution in [1.82, 2.24) is 5.48 Å². The van der Waals surface area contributed by atoms with Crippen LogP contribution in [0.5, 0.6) is 0 Å². The molecular weight excluding hydrogens is 290 g/mol. The Kier molecular flexibility index (Phi) is 9.15. The van der Waals surface area contributed by atoms with Crippen LogP contribution in [-0.2, 0) is 19.3 Å². The first-order valence-corrected chi connectivity index (χ1v) is 6.41. The minimum absolute atomic E-state index is 0.235. The van der Waals surface area contributed by atoms with Crippen LogP contribution in [0.2, 0.25) is 0 Å². The maximum absolute atomic E-state index is 11.2. The summed E-state index contributed by atoms with van der Waals surface area (Å²) >= 11 is 0. The van der Waals surface area contributed by atoms with Crippen LogP contribution in [0.1, 0.15) is 31.1 Å². The van der Waals surface area contributed by atoms with E-state index >= 15 is 0 Å². The van der Waals surface area contributed by atoms with Gasteiger partial charge in [0, 0.05) is 12.5 Å². The number of nitrogens with two attached hydrogens (primary N) is 1. The van der Waals surface area contributed by atoms with Crippen LogP contribution in [-0.4, -0.2) is 36.9 Å². The predicted octanol–water partition coefficient (Wildman–Crippen LogP) is 0.825. The molecule has 0 aliphatic carbocycles. The van der Waals surface area contributed by atoms with Gasteiger partial charge in [0.25, 0.3) is 0 Å². The lowest BCUT2D eigenvalue weighted by Gasteiger charge is -2.16. The standard InChI is InChI=1S/C13H16N2O5.CH5N/c1-8(20-14-9(2)16)10-6-4-5-7-11(10)12(13(17)18)15-19-3;1-2/h4-8H,1-3H3,(H,14,16)(H,17,18);2H2,1H3/b15-12+;. The maximum atomic E-state index is 11.2. The number of nitrogens with one attached hydrogen (secondary N) is 1. The molecule has 0 aromatic heterocycles. The number of nitrogens with zero attached hydrogens (tertiary/aromatic N) is 1. The van der Waals surface area contributed by atoms with Crippen molar-refractivity contribution in [2.45, 2.75) is 20.0 Å². The summed E-state index contributed by atoms with van der Waals surface area (Å²) in [6.07, 6.45) is -0.545. The van der Waals surface area contributed by atoms with Gasteiger partial charge in [-0.25, -0.2) is 10.3 Å². The fourth-order valence-electron chi connectivity index (χ4n) is 1.60. The van der Waals surface area contributed by atoms with E-state index in [9.17, 15) is 9.59 Å². The molecule has 0 fully saturated rings. The molecule has 0 radical (unpaired) electrons. The normalized spacial score (nSPS) is 11.8. The van der Waals surface area contributed by atoms with Gasteiger partial charge in [-0.15, -0.1) is 0 Å². The van der Waals surface area contributed by atoms with E-state index in [2.05, 4.69) is 21.2 Å². The second-order valence-electron chi connectivity index (χ2n) is 3.93. The topological polar surface area (TPSA) is 123 Å². The Morgan fingerprint density at radius 2 is 1.91 bits per heavy atom. The molecule has 8 heteroatoms. The van der Waals surface area contributed by atoms with Gasteiger partial charge in [-0.3, -0.25) is 9.63 Å². The average molecular weight is 311 g/mol. The number of hydrogen-bond donors (Lipinski definition) is 3. The SMILES string of the molecule is CN.CO/N=C(/C(=O)O)c1ccccc1C(C)ONC(C)=O. The summed E-state index contributed by atoms with van der Waals surface area (Å²) in [4.78, 5) is 31.7. The van der Waals surface area contributed by atoms with Crippen LogP contribution in [0, 0.1) is 0 Å². The highest BCUT2D eigenvalue weighted by Gasteiger charge is 2.20. The second-order valence-corrected chi connectivity index (χ2v) is 3.93. The molecule has 4 N–H and O–H groups in total. The largest absolute Gasteiger partial charge is 0.476 e. The number of carbonyl (C=O) groups excluding carboxylic acids is 1. The first-order chi connectivity index (χ1) is 10.5. The van der Waals surface area contributed by atoms with E-state index in [0.717, 1.165) is 0 Å². The summed E-state index contributed by atoms with van der Waals surface area (Å²) in [6.45, 7) is 2.99. The number of carboxylic acid groups (broad SMARTS) is 1. The van der Waals surface area contributed by atoms with Gasteiger partial charge in [-0.05, 0) is 19.5 Å². The molecule has 0 saturated heterocycles. The third-order valence-electron chi connectivity index (χ3n) is 2.42. The van der Waals surface area contributed by atoms with Crippen molar-refractivity contribution in [3.05, 3.63) is 35.4 Å². The smallest absolute Gasteiger partial charge is 0.358 e. The van der Waals surface area contributed by atoms with E-state index in [1.54, 1.807) is 31.2 Å². The maximum Gasteiger partial charge on any atom is 0.358 e. The number of hydroxylamine groups is 1. The predicted molar refractivity (Wildman–Crippen MR) is 81.1 cm³/mol. The van der Waals surface area contributed by atoms with Gasteiger partial charge in [0.05, 0.1) is 0 Å². The highest BCUT2D eigenvalue weighted by molar-refractivity contribution is 6.42. The van der Waals surface area contributed by atoms with Crippen molar-refractivity contribution in [2.24, 2.45) is 10.9 Å². The molecule has 122 valence electrons. The molecule has 1 unspecified atom stereocenters. The highest BCUT2D eigenvalue weighted by atomic mass is 16.7. The Morgan fingerprint density at radius 1 is 1.32 bits per heavy atom. The van der Waals surface area contributed by atoms with Crippen molar-refractivity contribution >= 4 is 17.6 Å². The van der Waals surface area contributed by atoms with Gasteiger partial charge < -0.3 is 15.7 Å². The summed E-state index contributed by atoms with van der Waals surface area (Å²) < 4.78 is 0. The summed E-state index contributed by atoms with van der Waals surface area (Å²) in [6, 6.07) is 6.70. The van der Waals surface area contributed by atoms with Crippen molar-refractivity contribution in [1.29, 1.82) is 0 Å². The van der Waals surface area contributed by atoms with Crippen molar-refractivity contribution in [2.75, 3.05) is 14.2 Å². The number of carboxylic acids is 1. The Hall–Kier alpha value is -2.45. The molecule has 0 aliphatic rings. The zero-order chi connectivity index (χ0) is 17.1. The number of benzene rings is 1. The third kappa shape index (κ3) is 5.90. The van der Waals surface area contributed by atoms with Crippen LogP contribution in [0.15, 0.2) is 29.4 Å². The van der Waals surface area contributed by atoms with Crippen molar-refractivity contribution < 1.29 is 24.4 Å². The summed E-state index contributed by atoms with van der Waals surface area (Å²) in [5, 5.41) is 12.7. The van der Waals surface area contributed by atoms with Gasteiger partial charge in [-0.2, -0.15) is 0 Å². The van der Waals surface area contributed by atoms with E-state index in [1.165, 1.54) is 21.1 Å². The lowest BCUT2D eigenvalue weighted by molar-refractivity contribution is -0.135. The van der Waals surface area contributed by atoms with Gasteiger partial charge in [-0.1, -0.05) is 29.4 Å². The zero-order valence-electron chi connectivity index (χ0n) is 13.0. The minimum atomic E-state index is -1.22. The molecule has 0 aliphatic heterocycles. The summed E-state index contributed by atoms with van der Waals surface area (Å²) in [5.74, 6) is -1.57. The molecule has 0 spiro atoms. The summed E-state index contributed by atoms with van der Waals surface area (Å²) in [5.41, 5.74) is 7.41. The molecule has 22 heavy (non-hydrogen) atoms. The first kappa shape index (κ1) is 19.6. The van der Waals surface area contributed by atoms with Crippen LogP contribution < -0.4 is 11.2 Å². The molecule has 0 heterocycles. The fourth-order valence-corrected chi connectivity index (χ4v) is 1.60. The number of hydrogen-bond acceptors (Lipinski definition) is 6. The van der Waals surface area contributed by atoms with Gasteiger partial charge >= 0.3 is 5.97 Å². The lowest BCUT2D eigenvalue weighted by atomic mass is 9.99. The molecule has 0 bridgehead atoms. The van der Waals surface area contributed by atoms with Crippen LogP contribution in [0.25, 0.3) is 0 Å². The van der Waals surface area contributed by atoms with Gasteiger partial charge in [0.2, 0.25) is 5.91 Å². The molecular formula is C14H21N3O5. The van der Waals surface area contributed by atoms with Crippen molar-refractivity contribution in [3.63, 3.8) is 0 Å². The Labute approximate surface area is 128 Å². The minimum Gasteiger partial charge on any atom is -0.476 e. The van der Waals surface area contributed by atoms with E-state index in [1.807, 2.05) is 0 Å². The molecule has 1 rings (SSSR count). The second kappa shape index (κ2) is 10.3. The number of oxime groups is 1. The average Bonchev–Trinajstić information content (AvgIpc) is 2.52. The molecule has 1 amide bonds. The molecule has 8 nitrogen and oxygen atoms in total. The highest BCUT2D eigenvalue weighted by Crippen LogP contribution is 2.21. The number of carbonyl (C=O) groups is 2. The number of amides is 1. The van der Waals surface area contributed by atoms with Crippen LogP contribution >= 0.6 is 0 Å². The monoisotopic (exact) mass is 311 g/mol. The first-order valence-electron chi connectivity index (χ1n) is 6.41. The number of aliphatic carboxylic acids is 1. The molecule has 1 atom stereocenters. The van der Waals surface area contributed by atoms with Gasteiger partial charge in [0.1, 0.15) is 13.2 Å². The Bertz CT molecular complexity index is 531. The number of rotatable bonds is 6. The Morgan fingerprint density at radius 3 is 2.41 bits per heavy atom. The quantitative estimate of drug-likeness (QED) is 0.528. The fraction of sp³-hybridized carbons (Fsp3) is 0.357. The third-order valence-corrected chi connectivity index (χ3v) is 2.42. The van der Waals surface area contributed by atoms with Crippen LogP contribution in [0.3, 0.4) is 0 Å². The van der Waals surface area contributed by atoms with E-state index in [-0.39, 0.29) is 11.6 Å². The molecule has 1 aromatic carbocycles. The summed E-state index contributed by atoms with van der Waals surface area (Å²) in [7, 11) is 2.77.